The zero-order valence-corrected chi connectivity index (χ0v) is 14.9. The van der Waals surface area contributed by atoms with Crippen molar-refractivity contribution in [1.82, 2.24) is 9.88 Å². The van der Waals surface area contributed by atoms with Crippen molar-refractivity contribution in [1.29, 1.82) is 0 Å². The first-order chi connectivity index (χ1) is 10.8. The third-order valence-corrected chi connectivity index (χ3v) is 5.33. The van der Waals surface area contributed by atoms with E-state index in [4.69, 9.17) is 0 Å². The number of hydrogen-bond acceptors (Lipinski definition) is 5. The van der Waals surface area contributed by atoms with Crippen LogP contribution in [0.25, 0.3) is 0 Å². The summed E-state index contributed by atoms with van der Waals surface area (Å²) in [4.78, 5) is 18.5. The number of sulfonamides is 1. The number of aromatic nitrogens is 1. The number of nitrogens with one attached hydrogen (secondary N) is 1. The second-order valence-electron chi connectivity index (χ2n) is 5.07. The highest BCUT2D eigenvalue weighted by Crippen LogP contribution is 2.19. The van der Waals surface area contributed by atoms with Gasteiger partial charge in [0, 0.05) is 12.4 Å². The summed E-state index contributed by atoms with van der Waals surface area (Å²) >= 11 is 1.53. The third kappa shape index (κ3) is 4.52. The van der Waals surface area contributed by atoms with Gasteiger partial charge in [0.1, 0.15) is 0 Å². The second kappa shape index (κ2) is 7.10. The maximum Gasteiger partial charge on any atom is 0.256 e. The fraction of sp³-hybridized carbons (Fsp3) is 0.333. The van der Waals surface area contributed by atoms with Gasteiger partial charge in [-0.05, 0) is 26.0 Å². The van der Waals surface area contributed by atoms with Crippen LogP contribution in [0.2, 0.25) is 0 Å². The topological polar surface area (TPSA) is 79.4 Å². The van der Waals surface area contributed by atoms with Crippen molar-refractivity contribution in [2.75, 3.05) is 17.5 Å². The molecule has 0 aliphatic carbocycles. The van der Waals surface area contributed by atoms with Gasteiger partial charge in [-0.3, -0.25) is 9.52 Å². The molecule has 0 aliphatic heterocycles. The molecule has 0 spiro atoms. The lowest BCUT2D eigenvalue weighted by atomic mass is 10.1. The number of para-hydroxylation sites is 1. The molecule has 1 aromatic heterocycles. The largest absolute Gasteiger partial charge is 0.336 e. The van der Waals surface area contributed by atoms with Crippen LogP contribution in [0, 0.1) is 6.92 Å². The van der Waals surface area contributed by atoms with Gasteiger partial charge in [0.2, 0.25) is 10.0 Å². The minimum absolute atomic E-state index is 0.0521. The summed E-state index contributed by atoms with van der Waals surface area (Å²) in [6.45, 7) is 3.83. The monoisotopic (exact) mass is 353 g/mol. The van der Waals surface area contributed by atoms with Crippen LogP contribution >= 0.6 is 11.3 Å². The molecule has 6 nitrogen and oxygen atoms in total. The number of anilines is 1. The smallest absolute Gasteiger partial charge is 0.256 e. The van der Waals surface area contributed by atoms with Crippen molar-refractivity contribution in [3.05, 3.63) is 45.9 Å². The average Bonchev–Trinajstić information content (AvgIpc) is 2.92. The second-order valence-corrected chi connectivity index (χ2v) is 8.14. The number of carbonyl (C=O) groups is 1. The Morgan fingerprint density at radius 3 is 2.65 bits per heavy atom. The van der Waals surface area contributed by atoms with Crippen molar-refractivity contribution < 1.29 is 13.2 Å². The summed E-state index contributed by atoms with van der Waals surface area (Å²) in [6, 6.07) is 6.59. The van der Waals surface area contributed by atoms with Gasteiger partial charge in [-0.15, -0.1) is 11.3 Å². The number of aryl methyl sites for hydroxylation is 1. The molecule has 0 bridgehead atoms. The van der Waals surface area contributed by atoms with Crippen LogP contribution in [0.5, 0.6) is 0 Å². The Kier molecular flexibility index (Phi) is 5.38. The highest BCUT2D eigenvalue weighted by molar-refractivity contribution is 7.92. The first-order valence-electron chi connectivity index (χ1n) is 7.08. The molecule has 0 fully saturated rings. The van der Waals surface area contributed by atoms with E-state index >= 15 is 0 Å². The third-order valence-electron chi connectivity index (χ3n) is 3.22. The zero-order chi connectivity index (χ0) is 17.0. The number of benzene rings is 1. The molecule has 1 amide bonds. The number of carbonyl (C=O) groups excluding carboxylic acids is 1. The zero-order valence-electron chi connectivity index (χ0n) is 13.2. The van der Waals surface area contributed by atoms with Crippen LogP contribution in [0.15, 0.2) is 29.6 Å². The van der Waals surface area contributed by atoms with E-state index in [-0.39, 0.29) is 11.7 Å². The first kappa shape index (κ1) is 17.4. The lowest BCUT2D eigenvalue weighted by molar-refractivity contribution is 0.0784. The summed E-state index contributed by atoms with van der Waals surface area (Å²) in [6.07, 6.45) is 0. The average molecular weight is 353 g/mol. The minimum atomic E-state index is -3.44. The molecule has 0 atom stereocenters. The molecule has 2 rings (SSSR count). The molecule has 8 heteroatoms. The van der Waals surface area contributed by atoms with Gasteiger partial charge < -0.3 is 4.90 Å². The molecule has 0 saturated heterocycles. The van der Waals surface area contributed by atoms with Gasteiger partial charge in [0.25, 0.3) is 5.91 Å². The molecule has 0 saturated carbocycles. The Labute approximate surface area is 140 Å². The van der Waals surface area contributed by atoms with Crippen molar-refractivity contribution in [2.24, 2.45) is 0 Å². The molecule has 1 aromatic carbocycles. The fourth-order valence-electron chi connectivity index (χ4n) is 2.00. The van der Waals surface area contributed by atoms with Crippen LogP contribution in [-0.4, -0.2) is 37.0 Å². The Morgan fingerprint density at radius 1 is 1.35 bits per heavy atom. The van der Waals surface area contributed by atoms with Crippen molar-refractivity contribution in [3.8, 4) is 0 Å². The van der Waals surface area contributed by atoms with Crippen LogP contribution < -0.4 is 4.72 Å². The van der Waals surface area contributed by atoms with Crippen LogP contribution in [0.3, 0.4) is 0 Å². The summed E-state index contributed by atoms with van der Waals surface area (Å²) in [5.41, 5.74) is 1.43. The van der Waals surface area contributed by atoms with Gasteiger partial charge in [-0.25, -0.2) is 13.4 Å². The Bertz CT molecular complexity index is 800. The predicted molar refractivity (Wildman–Crippen MR) is 92.2 cm³/mol. The standard InChI is InChI=1S/C15H19N3O3S2/c1-4-23(20,21)17-14-8-6-5-7-13(14)15(19)18(3)9-12-10-22-11(2)16-12/h5-8,10,17H,4,9H2,1-3H3. The lowest BCUT2D eigenvalue weighted by Gasteiger charge is -2.18. The van der Waals surface area contributed by atoms with Gasteiger partial charge in [-0.2, -0.15) is 0 Å². The molecular formula is C15H19N3O3S2. The molecule has 0 radical (unpaired) electrons. The molecule has 23 heavy (non-hydrogen) atoms. The highest BCUT2D eigenvalue weighted by atomic mass is 32.2. The molecule has 124 valence electrons. The molecule has 0 aliphatic rings. The fourth-order valence-corrected chi connectivity index (χ4v) is 3.26. The quantitative estimate of drug-likeness (QED) is 0.865. The van der Waals surface area contributed by atoms with E-state index in [1.165, 1.54) is 16.2 Å². The minimum Gasteiger partial charge on any atom is -0.336 e. The van der Waals surface area contributed by atoms with Crippen LogP contribution in [0.4, 0.5) is 5.69 Å². The number of rotatable bonds is 6. The first-order valence-corrected chi connectivity index (χ1v) is 9.61. The SMILES string of the molecule is CCS(=O)(=O)Nc1ccccc1C(=O)N(C)Cc1csc(C)n1. The highest BCUT2D eigenvalue weighted by Gasteiger charge is 2.19. The number of thiazole rings is 1. The number of amides is 1. The molecular weight excluding hydrogens is 334 g/mol. The van der Waals surface area contributed by atoms with E-state index in [0.29, 0.717) is 17.8 Å². The molecule has 2 aromatic rings. The van der Waals surface area contributed by atoms with E-state index in [1.54, 1.807) is 38.2 Å². The Morgan fingerprint density at radius 2 is 2.04 bits per heavy atom. The molecule has 1 heterocycles. The normalized spacial score (nSPS) is 11.3. The molecule has 1 N–H and O–H groups in total. The molecule has 0 unspecified atom stereocenters. The summed E-state index contributed by atoms with van der Waals surface area (Å²) < 4.78 is 26.0. The maximum atomic E-state index is 12.6. The van der Waals surface area contributed by atoms with Gasteiger partial charge in [-0.1, -0.05) is 12.1 Å². The van der Waals surface area contributed by atoms with E-state index in [1.807, 2.05) is 12.3 Å². The maximum absolute atomic E-state index is 12.6. The van der Waals surface area contributed by atoms with Crippen molar-refractivity contribution in [2.45, 2.75) is 20.4 Å². The van der Waals surface area contributed by atoms with Crippen LogP contribution in [-0.2, 0) is 16.6 Å². The van der Waals surface area contributed by atoms with E-state index in [2.05, 4.69) is 9.71 Å². The van der Waals surface area contributed by atoms with Crippen LogP contribution in [0.1, 0.15) is 28.0 Å². The Balaban J connectivity index is 2.21. The van der Waals surface area contributed by atoms with Gasteiger partial charge in [0.05, 0.1) is 34.2 Å². The number of nitrogens with zero attached hydrogens (tertiary/aromatic N) is 2. The van der Waals surface area contributed by atoms with Crippen molar-refractivity contribution in [3.63, 3.8) is 0 Å². The van der Waals surface area contributed by atoms with Gasteiger partial charge in [0.15, 0.2) is 0 Å². The number of hydrogen-bond donors (Lipinski definition) is 1. The van der Waals surface area contributed by atoms with E-state index in [9.17, 15) is 13.2 Å². The van der Waals surface area contributed by atoms with Crippen molar-refractivity contribution >= 4 is 33.0 Å². The van der Waals surface area contributed by atoms with E-state index < -0.39 is 10.0 Å². The summed E-state index contributed by atoms with van der Waals surface area (Å²) in [5, 5.41) is 2.85. The summed E-state index contributed by atoms with van der Waals surface area (Å²) in [5.74, 6) is -0.311. The van der Waals surface area contributed by atoms with E-state index in [0.717, 1.165) is 10.7 Å². The lowest BCUT2D eigenvalue weighted by Crippen LogP contribution is -2.28. The van der Waals surface area contributed by atoms with Gasteiger partial charge >= 0.3 is 0 Å². The Hall–Kier alpha value is -1.93. The predicted octanol–water partition coefficient (Wildman–Crippen LogP) is 2.49. The summed E-state index contributed by atoms with van der Waals surface area (Å²) in [7, 11) is -1.77.